The van der Waals surface area contributed by atoms with E-state index in [4.69, 9.17) is 4.74 Å². The standard InChI is InChI=1S/C42H37NO/c1-4-6-18-33(3)40-26-16-21-37(31-34-27-29-36(30-28-34)35-19-10-7-11-20-35)42(40)41(17-5-2)44-32-43(38-22-12-8-13-23-38)39-24-14-9-15-25-39/h4-31H,1,3,32H2,2H3/b17-5+,18-6-,37-31-,42-41-. The van der Waals surface area contributed by atoms with E-state index >= 15 is 0 Å². The first kappa shape index (κ1) is 29.9. The van der Waals surface area contributed by atoms with Gasteiger partial charge in [-0.1, -0.05) is 147 Å². The molecule has 5 rings (SSSR count). The zero-order valence-corrected chi connectivity index (χ0v) is 25.1. The molecule has 0 saturated heterocycles. The number of rotatable bonds is 11. The van der Waals surface area contributed by atoms with Gasteiger partial charge in [0.1, 0.15) is 5.76 Å². The van der Waals surface area contributed by atoms with Crippen molar-refractivity contribution in [3.8, 4) is 11.1 Å². The van der Waals surface area contributed by atoms with Gasteiger partial charge in [-0.05, 0) is 76.4 Å². The van der Waals surface area contributed by atoms with E-state index in [2.05, 4.69) is 115 Å². The van der Waals surface area contributed by atoms with E-state index in [-0.39, 0.29) is 0 Å². The molecule has 0 atom stereocenters. The molecule has 0 aliphatic heterocycles. The Hall–Kier alpha value is -5.60. The smallest absolute Gasteiger partial charge is 0.165 e. The predicted octanol–water partition coefficient (Wildman–Crippen LogP) is 9.43. The van der Waals surface area contributed by atoms with Gasteiger partial charge in [0, 0.05) is 16.6 Å². The van der Waals surface area contributed by atoms with Crippen LogP contribution in [0.3, 0.4) is 0 Å². The van der Waals surface area contributed by atoms with E-state index < -0.39 is 0 Å². The van der Waals surface area contributed by atoms with Crippen LogP contribution in [0.25, 0.3) is 28.5 Å². The number of nitrogens with zero attached hydrogens (tertiary/aromatic N) is 1. The van der Waals surface area contributed by atoms with E-state index in [1.165, 1.54) is 11.1 Å². The summed E-state index contributed by atoms with van der Waals surface area (Å²) in [5, 5.41) is 2.03. The number of ether oxygens (including phenoxy) is 1. The molecule has 0 radical (unpaired) electrons. The molecule has 0 aliphatic rings. The summed E-state index contributed by atoms with van der Waals surface area (Å²) in [5.74, 6) is 0.764. The van der Waals surface area contributed by atoms with Gasteiger partial charge < -0.3 is 9.64 Å². The maximum Gasteiger partial charge on any atom is 0.165 e. The Labute approximate surface area is 261 Å². The fourth-order valence-corrected chi connectivity index (χ4v) is 5.09. The van der Waals surface area contributed by atoms with Gasteiger partial charge in [-0.2, -0.15) is 0 Å². The first-order chi connectivity index (χ1) is 21.7. The van der Waals surface area contributed by atoms with Gasteiger partial charge in [0.2, 0.25) is 0 Å². The van der Waals surface area contributed by atoms with Crippen molar-refractivity contribution < 1.29 is 4.74 Å². The molecule has 44 heavy (non-hydrogen) atoms. The largest absolute Gasteiger partial charge is 0.472 e. The van der Waals surface area contributed by atoms with Crippen LogP contribution in [0.1, 0.15) is 18.1 Å². The lowest BCUT2D eigenvalue weighted by Gasteiger charge is -2.25. The maximum atomic E-state index is 6.74. The number of hydrogen-bond acceptors (Lipinski definition) is 2. The number of allylic oxidation sites excluding steroid dienone is 5. The molecule has 0 fully saturated rings. The lowest BCUT2D eigenvalue weighted by molar-refractivity contribution is 0.285. The number of anilines is 2. The van der Waals surface area contributed by atoms with Crippen molar-refractivity contribution in [2.75, 3.05) is 11.6 Å². The van der Waals surface area contributed by atoms with Crippen molar-refractivity contribution in [1.82, 2.24) is 0 Å². The fraction of sp³-hybridized carbons (Fsp3) is 0.0476. The third kappa shape index (κ3) is 7.42. The van der Waals surface area contributed by atoms with Crippen molar-refractivity contribution in [2.45, 2.75) is 6.92 Å². The third-order valence-corrected chi connectivity index (χ3v) is 7.27. The summed E-state index contributed by atoms with van der Waals surface area (Å²) in [4.78, 5) is 2.17. The zero-order chi connectivity index (χ0) is 30.6. The Morgan fingerprint density at radius 3 is 1.86 bits per heavy atom. The van der Waals surface area contributed by atoms with Crippen molar-refractivity contribution in [1.29, 1.82) is 0 Å². The van der Waals surface area contributed by atoms with Crippen molar-refractivity contribution in [3.05, 3.63) is 199 Å². The number of para-hydroxylation sites is 2. The van der Waals surface area contributed by atoms with Gasteiger partial charge in [-0.25, -0.2) is 0 Å². The lowest BCUT2D eigenvalue weighted by Crippen LogP contribution is -2.32. The minimum Gasteiger partial charge on any atom is -0.472 e. The molecule has 0 unspecified atom stereocenters. The van der Waals surface area contributed by atoms with Gasteiger partial charge in [0.25, 0.3) is 0 Å². The lowest BCUT2D eigenvalue weighted by atomic mass is 9.99. The van der Waals surface area contributed by atoms with Crippen LogP contribution in [0.4, 0.5) is 11.4 Å². The Morgan fingerprint density at radius 1 is 0.682 bits per heavy atom. The minimum atomic E-state index is 0.322. The maximum absolute atomic E-state index is 6.74. The first-order valence-electron chi connectivity index (χ1n) is 14.8. The summed E-state index contributed by atoms with van der Waals surface area (Å²) < 4.78 is 6.74. The average Bonchev–Trinajstić information content (AvgIpc) is 3.08. The summed E-state index contributed by atoms with van der Waals surface area (Å²) in [6.45, 7) is 10.6. The summed E-state index contributed by atoms with van der Waals surface area (Å²) in [5.41, 5.74) is 7.47. The van der Waals surface area contributed by atoms with Crippen molar-refractivity contribution >= 4 is 28.8 Å². The molecule has 0 heterocycles. The quantitative estimate of drug-likeness (QED) is 0.116. The Morgan fingerprint density at radius 2 is 1.27 bits per heavy atom. The van der Waals surface area contributed by atoms with E-state index in [1.54, 1.807) is 6.08 Å². The highest BCUT2D eigenvalue weighted by molar-refractivity contribution is 5.76. The van der Waals surface area contributed by atoms with Crippen LogP contribution in [-0.2, 0) is 4.74 Å². The second kappa shape index (κ2) is 15.0. The summed E-state index contributed by atoms with van der Waals surface area (Å²) >= 11 is 0. The molecule has 216 valence electrons. The van der Waals surface area contributed by atoms with Crippen LogP contribution in [-0.4, -0.2) is 6.73 Å². The van der Waals surface area contributed by atoms with Gasteiger partial charge in [-0.3, -0.25) is 0 Å². The molecule has 0 aromatic heterocycles. The molecule has 2 heteroatoms. The first-order valence-corrected chi connectivity index (χ1v) is 14.8. The molecule has 0 spiro atoms. The summed E-state index contributed by atoms with van der Waals surface area (Å²) in [6.07, 6.45) is 11.9. The van der Waals surface area contributed by atoms with Crippen LogP contribution >= 0.6 is 0 Å². The normalized spacial score (nSPS) is 12.3. The molecule has 0 aliphatic carbocycles. The molecule has 0 saturated carbocycles. The fourth-order valence-electron chi connectivity index (χ4n) is 5.09. The molecular formula is C42H37NO. The Bertz CT molecular complexity index is 1830. The topological polar surface area (TPSA) is 12.5 Å². The Balaban J connectivity index is 1.64. The van der Waals surface area contributed by atoms with E-state index in [9.17, 15) is 0 Å². The van der Waals surface area contributed by atoms with Gasteiger partial charge in [-0.15, -0.1) is 0 Å². The van der Waals surface area contributed by atoms with Gasteiger partial charge >= 0.3 is 0 Å². The highest BCUT2D eigenvalue weighted by atomic mass is 16.5. The van der Waals surface area contributed by atoms with Gasteiger partial charge in [0.05, 0.1) is 0 Å². The third-order valence-electron chi connectivity index (χ3n) is 7.27. The SMILES string of the molecule is C=C/C=C\C(=C)c1cccc(=C/c2ccc(-c3ccccc3)cc2)/c1=C(\C=C\C)OCN(c1ccccc1)c1ccccc1. The molecule has 2 nitrogen and oxygen atoms in total. The van der Waals surface area contributed by atoms with E-state index in [1.807, 2.05) is 73.7 Å². The predicted molar refractivity (Wildman–Crippen MR) is 189 cm³/mol. The second-order valence-corrected chi connectivity index (χ2v) is 10.3. The van der Waals surface area contributed by atoms with Crippen LogP contribution < -0.4 is 15.3 Å². The molecule has 0 N–H and O–H groups in total. The number of benzene rings is 5. The van der Waals surface area contributed by atoms with Crippen LogP contribution in [0, 0.1) is 0 Å². The summed E-state index contributed by atoms with van der Waals surface area (Å²) in [6, 6.07) is 46.0. The number of hydrogen-bond donors (Lipinski definition) is 0. The molecule has 0 amide bonds. The molecule has 5 aromatic rings. The van der Waals surface area contributed by atoms with Crippen LogP contribution in [0.15, 0.2) is 177 Å². The average molecular weight is 572 g/mol. The van der Waals surface area contributed by atoms with Crippen molar-refractivity contribution in [3.63, 3.8) is 0 Å². The Kier molecular flexibility index (Phi) is 10.2. The highest BCUT2D eigenvalue weighted by Gasteiger charge is 2.12. The van der Waals surface area contributed by atoms with E-state index in [0.29, 0.717) is 6.73 Å². The minimum absolute atomic E-state index is 0.322. The van der Waals surface area contributed by atoms with E-state index in [0.717, 1.165) is 44.3 Å². The highest BCUT2D eigenvalue weighted by Crippen LogP contribution is 2.25. The molecule has 0 bridgehead atoms. The van der Waals surface area contributed by atoms with Crippen molar-refractivity contribution in [2.24, 2.45) is 0 Å². The van der Waals surface area contributed by atoms with Gasteiger partial charge in [0.15, 0.2) is 6.73 Å². The second-order valence-electron chi connectivity index (χ2n) is 10.3. The zero-order valence-electron chi connectivity index (χ0n) is 25.1. The molecule has 5 aromatic carbocycles. The van der Waals surface area contributed by atoms with Crippen LogP contribution in [0.2, 0.25) is 0 Å². The van der Waals surface area contributed by atoms with Crippen LogP contribution in [0.5, 0.6) is 0 Å². The summed E-state index contributed by atoms with van der Waals surface area (Å²) in [7, 11) is 0. The monoisotopic (exact) mass is 571 g/mol. The molecular weight excluding hydrogens is 534 g/mol.